The Morgan fingerprint density at radius 1 is 1.05 bits per heavy atom. The maximum Gasteiger partial charge on any atom is 0.291 e. The van der Waals surface area contributed by atoms with Crippen LogP contribution in [0.1, 0.15) is 10.6 Å². The van der Waals surface area contributed by atoms with Crippen LogP contribution in [0.3, 0.4) is 0 Å². The van der Waals surface area contributed by atoms with Crippen LogP contribution in [0, 0.1) is 0 Å². The van der Waals surface area contributed by atoms with Crippen LogP contribution in [-0.2, 0) is 0 Å². The fourth-order valence-electron chi connectivity index (χ4n) is 1.86. The van der Waals surface area contributed by atoms with Crippen LogP contribution in [-0.4, -0.2) is 16.1 Å². The third-order valence-electron chi connectivity index (χ3n) is 2.80. The van der Waals surface area contributed by atoms with Crippen LogP contribution in [0.15, 0.2) is 50.6 Å². The largest absolute Gasteiger partial charge is 0.459 e. The minimum absolute atomic E-state index is 0.157. The van der Waals surface area contributed by atoms with Crippen molar-refractivity contribution in [3.63, 3.8) is 0 Å². The van der Waals surface area contributed by atoms with E-state index < -0.39 is 17.0 Å². The van der Waals surface area contributed by atoms with E-state index in [0.29, 0.717) is 5.69 Å². The van der Waals surface area contributed by atoms with Crippen LogP contribution in [0.5, 0.6) is 0 Å². The first-order chi connectivity index (χ1) is 9.65. The second-order valence-corrected chi connectivity index (χ2v) is 4.10. The lowest BCUT2D eigenvalue weighted by Gasteiger charge is -2.04. The Bertz CT molecular complexity index is 890. The Morgan fingerprint density at radius 2 is 1.80 bits per heavy atom. The molecule has 0 unspecified atom stereocenters. The number of nitrogens with one attached hydrogen (secondary N) is 3. The van der Waals surface area contributed by atoms with Crippen molar-refractivity contribution >= 4 is 22.4 Å². The van der Waals surface area contributed by atoms with Crippen molar-refractivity contribution in [2.75, 3.05) is 5.32 Å². The third-order valence-corrected chi connectivity index (χ3v) is 2.80. The predicted molar refractivity (Wildman–Crippen MR) is 71.9 cm³/mol. The number of amides is 1. The highest BCUT2D eigenvalue weighted by atomic mass is 16.3. The summed E-state index contributed by atoms with van der Waals surface area (Å²) in [4.78, 5) is 35.0. The molecular weight excluding hydrogens is 262 g/mol. The van der Waals surface area contributed by atoms with Crippen molar-refractivity contribution in [1.29, 1.82) is 0 Å². The molecule has 0 aliphatic rings. The third kappa shape index (κ3) is 2.01. The minimum Gasteiger partial charge on any atom is -0.459 e. The van der Waals surface area contributed by atoms with Gasteiger partial charge < -0.3 is 9.73 Å². The van der Waals surface area contributed by atoms with E-state index in [1.807, 2.05) is 0 Å². The fourth-order valence-corrected chi connectivity index (χ4v) is 1.86. The summed E-state index contributed by atoms with van der Waals surface area (Å²) in [5, 5.41) is 7.50. The molecular formula is C13H9N3O4. The summed E-state index contributed by atoms with van der Waals surface area (Å²) in [5.74, 6) is -0.277. The number of carbonyl (C=O) groups excluding carboxylic acids is 1. The van der Waals surface area contributed by atoms with Crippen LogP contribution in [0.4, 0.5) is 5.69 Å². The van der Waals surface area contributed by atoms with E-state index >= 15 is 0 Å². The molecule has 20 heavy (non-hydrogen) atoms. The van der Waals surface area contributed by atoms with Gasteiger partial charge in [0.15, 0.2) is 5.76 Å². The number of aromatic nitrogens is 2. The zero-order valence-electron chi connectivity index (χ0n) is 10.1. The Hall–Kier alpha value is -3.09. The number of fused-ring (bicyclic) bond motifs is 1. The molecule has 2 heterocycles. The van der Waals surface area contributed by atoms with Crippen LogP contribution >= 0.6 is 0 Å². The second-order valence-electron chi connectivity index (χ2n) is 4.10. The summed E-state index contributed by atoms with van der Waals surface area (Å²) >= 11 is 0. The molecule has 0 atom stereocenters. The number of benzene rings is 1. The lowest BCUT2D eigenvalue weighted by atomic mass is 10.2. The second kappa shape index (κ2) is 4.54. The van der Waals surface area contributed by atoms with Crippen molar-refractivity contribution in [3.05, 3.63) is 63.1 Å². The minimum atomic E-state index is -0.436. The molecule has 1 amide bonds. The van der Waals surface area contributed by atoms with E-state index in [0.717, 1.165) is 0 Å². The summed E-state index contributed by atoms with van der Waals surface area (Å²) in [7, 11) is 0. The molecule has 0 fully saturated rings. The quantitative estimate of drug-likeness (QED) is 0.647. The van der Waals surface area contributed by atoms with Gasteiger partial charge in [0.05, 0.1) is 17.0 Å². The van der Waals surface area contributed by atoms with E-state index in [-0.39, 0.29) is 16.5 Å². The van der Waals surface area contributed by atoms with Crippen molar-refractivity contribution in [1.82, 2.24) is 10.2 Å². The number of hydrogen-bond acceptors (Lipinski definition) is 4. The Kier molecular flexibility index (Phi) is 2.72. The number of rotatable bonds is 2. The Balaban J connectivity index is 2.02. The number of hydrogen-bond donors (Lipinski definition) is 3. The molecule has 0 radical (unpaired) electrons. The molecule has 2 aromatic heterocycles. The highest BCUT2D eigenvalue weighted by Gasteiger charge is 2.10. The number of H-pyrrole nitrogens is 2. The lowest BCUT2D eigenvalue weighted by Crippen LogP contribution is -2.19. The fraction of sp³-hybridized carbons (Fsp3) is 0. The summed E-state index contributed by atoms with van der Waals surface area (Å²) in [6.45, 7) is 0. The summed E-state index contributed by atoms with van der Waals surface area (Å²) in [5.41, 5.74) is -0.438. The smallest absolute Gasteiger partial charge is 0.291 e. The standard InChI is InChI=1S/C13H9N3O4/c17-11-8-4-3-7(6-9(8)12(18)16-15-11)14-13(19)10-2-1-5-20-10/h1-6H,(H,14,19)(H,15,17)(H,16,18). The molecule has 0 saturated heterocycles. The molecule has 3 N–H and O–H groups in total. The zero-order chi connectivity index (χ0) is 14.1. The zero-order valence-corrected chi connectivity index (χ0v) is 10.1. The van der Waals surface area contributed by atoms with Crippen molar-refractivity contribution in [2.24, 2.45) is 0 Å². The van der Waals surface area contributed by atoms with Gasteiger partial charge in [-0.25, -0.2) is 0 Å². The van der Waals surface area contributed by atoms with E-state index in [1.165, 1.54) is 30.5 Å². The molecule has 1 aromatic carbocycles. The van der Waals surface area contributed by atoms with Crippen molar-refractivity contribution in [2.45, 2.75) is 0 Å². The highest BCUT2D eigenvalue weighted by Crippen LogP contribution is 2.14. The number of furan rings is 1. The Morgan fingerprint density at radius 3 is 2.50 bits per heavy atom. The van der Waals surface area contributed by atoms with E-state index in [1.54, 1.807) is 6.07 Å². The molecule has 0 aliphatic heterocycles. The van der Waals surface area contributed by atoms with E-state index in [2.05, 4.69) is 15.5 Å². The van der Waals surface area contributed by atoms with Crippen LogP contribution in [0.2, 0.25) is 0 Å². The number of aromatic amines is 2. The molecule has 0 aliphatic carbocycles. The molecule has 7 nitrogen and oxygen atoms in total. The maximum absolute atomic E-state index is 11.8. The molecule has 0 spiro atoms. The molecule has 7 heteroatoms. The first kappa shape index (κ1) is 12.0. The molecule has 100 valence electrons. The predicted octanol–water partition coefficient (Wildman–Crippen LogP) is 1.06. The normalized spacial score (nSPS) is 10.6. The summed E-state index contributed by atoms with van der Waals surface area (Å²) in [6.07, 6.45) is 1.39. The first-order valence-corrected chi connectivity index (χ1v) is 5.75. The van der Waals surface area contributed by atoms with Gasteiger partial charge in [-0.05, 0) is 30.3 Å². The number of carbonyl (C=O) groups is 1. The number of anilines is 1. The highest BCUT2D eigenvalue weighted by molar-refractivity contribution is 6.03. The van der Waals surface area contributed by atoms with Gasteiger partial charge in [-0.15, -0.1) is 0 Å². The van der Waals surface area contributed by atoms with Gasteiger partial charge in [0, 0.05) is 5.69 Å². The van der Waals surface area contributed by atoms with Crippen LogP contribution < -0.4 is 16.4 Å². The molecule has 0 bridgehead atoms. The average Bonchev–Trinajstić information content (AvgIpc) is 2.97. The SMILES string of the molecule is O=C(Nc1ccc2c(=O)[nH][nH]c(=O)c2c1)c1ccco1. The van der Waals surface area contributed by atoms with Gasteiger partial charge in [0.25, 0.3) is 17.0 Å². The monoisotopic (exact) mass is 271 g/mol. The van der Waals surface area contributed by atoms with E-state index in [4.69, 9.17) is 4.42 Å². The molecule has 3 aromatic rings. The van der Waals surface area contributed by atoms with Gasteiger partial charge in [-0.1, -0.05) is 0 Å². The van der Waals surface area contributed by atoms with Gasteiger partial charge >= 0.3 is 0 Å². The molecule has 3 rings (SSSR count). The van der Waals surface area contributed by atoms with Gasteiger partial charge in [0.2, 0.25) is 0 Å². The van der Waals surface area contributed by atoms with Gasteiger partial charge in [-0.2, -0.15) is 0 Å². The van der Waals surface area contributed by atoms with E-state index in [9.17, 15) is 14.4 Å². The average molecular weight is 271 g/mol. The van der Waals surface area contributed by atoms with Gasteiger partial charge in [-0.3, -0.25) is 24.6 Å². The maximum atomic E-state index is 11.8. The molecule has 0 saturated carbocycles. The summed E-state index contributed by atoms with van der Waals surface area (Å²) < 4.78 is 4.96. The van der Waals surface area contributed by atoms with Crippen molar-refractivity contribution in [3.8, 4) is 0 Å². The summed E-state index contributed by atoms with van der Waals surface area (Å²) in [6, 6.07) is 7.57. The van der Waals surface area contributed by atoms with Crippen LogP contribution in [0.25, 0.3) is 10.8 Å². The van der Waals surface area contributed by atoms with Gasteiger partial charge in [0.1, 0.15) is 0 Å². The lowest BCUT2D eigenvalue weighted by molar-refractivity contribution is 0.0996. The van der Waals surface area contributed by atoms with Crippen molar-refractivity contribution < 1.29 is 9.21 Å². The topological polar surface area (TPSA) is 108 Å². The Labute approximate surface area is 111 Å². The first-order valence-electron chi connectivity index (χ1n) is 5.75.